The van der Waals surface area contributed by atoms with Gasteiger partial charge >= 0.3 is 5.63 Å². The molecule has 0 aliphatic carbocycles. The molecule has 1 aromatic heterocycles. The molecule has 3 amide bonds. The van der Waals surface area contributed by atoms with Crippen molar-refractivity contribution < 1.29 is 18.8 Å². The lowest BCUT2D eigenvalue weighted by Crippen LogP contribution is -2.52. The summed E-state index contributed by atoms with van der Waals surface area (Å²) in [4.78, 5) is 47.0. The van der Waals surface area contributed by atoms with Gasteiger partial charge in [-0.25, -0.2) is 4.79 Å². The standard InChI is InChI=1S/C16H14N2O5/c1-8-2-4-12-9(6-8)7-10(16(22)23-12)14(20)17-11-3-5-13(19)18-15(11)21/h2,4,6-7,11H,3,5H2,1H3,(H,17,20)(H,18,19,21). The van der Waals surface area contributed by atoms with Crippen LogP contribution >= 0.6 is 0 Å². The molecule has 1 aromatic carbocycles. The van der Waals surface area contributed by atoms with Gasteiger partial charge in [-0.2, -0.15) is 0 Å². The highest BCUT2D eigenvalue weighted by Gasteiger charge is 2.29. The first-order chi connectivity index (χ1) is 10.9. The number of piperidine rings is 1. The van der Waals surface area contributed by atoms with Crippen LogP contribution in [0.1, 0.15) is 28.8 Å². The Morgan fingerprint density at radius 1 is 1.26 bits per heavy atom. The van der Waals surface area contributed by atoms with Crippen molar-refractivity contribution in [3.05, 3.63) is 45.8 Å². The smallest absolute Gasteiger partial charge is 0.349 e. The van der Waals surface area contributed by atoms with Crippen LogP contribution in [0.15, 0.2) is 33.5 Å². The molecule has 0 spiro atoms. The zero-order valence-electron chi connectivity index (χ0n) is 12.3. The second-order valence-corrected chi connectivity index (χ2v) is 5.47. The van der Waals surface area contributed by atoms with Gasteiger partial charge in [-0.05, 0) is 31.5 Å². The topological polar surface area (TPSA) is 105 Å². The maximum absolute atomic E-state index is 12.3. The third kappa shape index (κ3) is 2.98. The molecule has 2 heterocycles. The maximum atomic E-state index is 12.3. The fourth-order valence-corrected chi connectivity index (χ4v) is 2.47. The van der Waals surface area contributed by atoms with E-state index < -0.39 is 23.5 Å². The number of carbonyl (C=O) groups is 3. The second-order valence-electron chi connectivity index (χ2n) is 5.47. The van der Waals surface area contributed by atoms with Crippen LogP contribution < -0.4 is 16.3 Å². The highest BCUT2D eigenvalue weighted by molar-refractivity contribution is 6.04. The van der Waals surface area contributed by atoms with Crippen LogP contribution in [0.3, 0.4) is 0 Å². The molecule has 1 aliphatic rings. The van der Waals surface area contributed by atoms with Crippen LogP contribution in [-0.2, 0) is 9.59 Å². The molecule has 1 saturated heterocycles. The van der Waals surface area contributed by atoms with E-state index in [0.717, 1.165) is 5.56 Å². The maximum Gasteiger partial charge on any atom is 0.349 e. The molecular weight excluding hydrogens is 300 g/mol. The van der Waals surface area contributed by atoms with Gasteiger partial charge in [0.05, 0.1) is 0 Å². The quantitative estimate of drug-likeness (QED) is 0.625. The van der Waals surface area contributed by atoms with Gasteiger partial charge in [-0.3, -0.25) is 19.7 Å². The van der Waals surface area contributed by atoms with Crippen LogP contribution in [0.25, 0.3) is 11.0 Å². The molecule has 1 atom stereocenters. The van der Waals surface area contributed by atoms with E-state index in [9.17, 15) is 19.2 Å². The Balaban J connectivity index is 1.88. The highest BCUT2D eigenvalue weighted by atomic mass is 16.4. The Labute approximate surface area is 130 Å². The minimum Gasteiger partial charge on any atom is -0.422 e. The lowest BCUT2D eigenvalue weighted by Gasteiger charge is -2.21. The fraction of sp³-hybridized carbons (Fsp3) is 0.250. The van der Waals surface area contributed by atoms with E-state index in [4.69, 9.17) is 4.42 Å². The summed E-state index contributed by atoms with van der Waals surface area (Å²) in [5, 5.41) is 5.23. The average molecular weight is 314 g/mol. The number of fused-ring (bicyclic) bond motifs is 1. The van der Waals surface area contributed by atoms with Crippen molar-refractivity contribution in [3.63, 3.8) is 0 Å². The molecule has 0 saturated carbocycles. The SMILES string of the molecule is Cc1ccc2oc(=O)c(C(=O)NC3CCC(=O)NC3=O)cc2c1. The Morgan fingerprint density at radius 3 is 2.78 bits per heavy atom. The van der Waals surface area contributed by atoms with Gasteiger partial charge in [0.15, 0.2) is 0 Å². The van der Waals surface area contributed by atoms with Crippen LogP contribution in [0.5, 0.6) is 0 Å². The molecule has 1 aliphatic heterocycles. The van der Waals surface area contributed by atoms with Gasteiger partial charge in [-0.1, -0.05) is 11.6 Å². The second kappa shape index (κ2) is 5.68. The first-order valence-corrected chi connectivity index (χ1v) is 7.13. The van der Waals surface area contributed by atoms with Crippen molar-refractivity contribution in [2.24, 2.45) is 0 Å². The monoisotopic (exact) mass is 314 g/mol. The van der Waals surface area contributed by atoms with E-state index in [0.29, 0.717) is 11.0 Å². The highest BCUT2D eigenvalue weighted by Crippen LogP contribution is 2.15. The molecule has 23 heavy (non-hydrogen) atoms. The summed E-state index contributed by atoms with van der Waals surface area (Å²) in [5.74, 6) is -1.64. The Bertz CT molecular complexity index is 884. The first-order valence-electron chi connectivity index (χ1n) is 7.13. The lowest BCUT2D eigenvalue weighted by atomic mass is 10.1. The number of hydrogen-bond acceptors (Lipinski definition) is 5. The Morgan fingerprint density at radius 2 is 2.04 bits per heavy atom. The van der Waals surface area contributed by atoms with Gasteiger partial charge in [0.1, 0.15) is 17.2 Å². The van der Waals surface area contributed by atoms with E-state index in [1.165, 1.54) is 6.07 Å². The minimum absolute atomic E-state index is 0.141. The first kappa shape index (κ1) is 15.0. The molecule has 7 heteroatoms. The molecule has 2 aromatic rings. The third-order valence-electron chi connectivity index (χ3n) is 3.68. The Kier molecular flexibility index (Phi) is 3.69. The number of nitrogens with one attached hydrogen (secondary N) is 2. The molecule has 3 rings (SSSR count). The van der Waals surface area contributed by atoms with Crippen LogP contribution in [-0.4, -0.2) is 23.8 Å². The summed E-state index contributed by atoms with van der Waals surface area (Å²) >= 11 is 0. The minimum atomic E-state index is -0.840. The number of carbonyl (C=O) groups excluding carboxylic acids is 3. The van der Waals surface area contributed by atoms with Gasteiger partial charge < -0.3 is 9.73 Å². The number of imide groups is 1. The molecule has 118 valence electrons. The fourth-order valence-electron chi connectivity index (χ4n) is 2.47. The lowest BCUT2D eigenvalue weighted by molar-refractivity contribution is -0.134. The average Bonchev–Trinajstić information content (AvgIpc) is 2.49. The largest absolute Gasteiger partial charge is 0.422 e. The number of hydrogen-bond donors (Lipinski definition) is 2. The van der Waals surface area contributed by atoms with E-state index in [1.807, 2.05) is 6.92 Å². The number of benzene rings is 1. The van der Waals surface area contributed by atoms with Crippen molar-refractivity contribution >= 4 is 28.7 Å². The number of aryl methyl sites for hydroxylation is 1. The van der Waals surface area contributed by atoms with Gasteiger partial charge in [0.2, 0.25) is 11.8 Å². The normalized spacial score (nSPS) is 17.9. The van der Waals surface area contributed by atoms with E-state index in [1.54, 1.807) is 18.2 Å². The summed E-state index contributed by atoms with van der Waals surface area (Å²) in [6.07, 6.45) is 0.344. The number of rotatable bonds is 2. The van der Waals surface area contributed by atoms with Gasteiger partial charge in [0.25, 0.3) is 5.91 Å². The third-order valence-corrected chi connectivity index (χ3v) is 3.68. The summed E-state index contributed by atoms with van der Waals surface area (Å²) < 4.78 is 5.13. The van der Waals surface area contributed by atoms with E-state index >= 15 is 0 Å². The van der Waals surface area contributed by atoms with Crippen molar-refractivity contribution in [1.82, 2.24) is 10.6 Å². The summed E-state index contributed by atoms with van der Waals surface area (Å²) in [5.41, 5.74) is 0.403. The predicted molar refractivity (Wildman–Crippen MR) is 80.9 cm³/mol. The summed E-state index contributed by atoms with van der Waals surface area (Å²) in [6, 6.07) is 5.85. The van der Waals surface area contributed by atoms with Crippen LogP contribution in [0.2, 0.25) is 0 Å². The zero-order valence-corrected chi connectivity index (χ0v) is 12.3. The number of amides is 3. The van der Waals surface area contributed by atoms with Gasteiger partial charge in [0, 0.05) is 11.8 Å². The molecular formula is C16H14N2O5. The van der Waals surface area contributed by atoms with E-state index in [-0.39, 0.29) is 24.3 Å². The van der Waals surface area contributed by atoms with Crippen LogP contribution in [0.4, 0.5) is 0 Å². The van der Waals surface area contributed by atoms with E-state index in [2.05, 4.69) is 10.6 Å². The zero-order chi connectivity index (χ0) is 16.6. The molecule has 0 radical (unpaired) electrons. The van der Waals surface area contributed by atoms with Crippen molar-refractivity contribution in [2.45, 2.75) is 25.8 Å². The predicted octanol–water partition coefficient (Wildman–Crippen LogP) is 0.636. The van der Waals surface area contributed by atoms with Crippen LogP contribution in [0, 0.1) is 6.92 Å². The summed E-state index contributed by atoms with van der Waals surface area (Å²) in [6.45, 7) is 1.88. The molecule has 7 nitrogen and oxygen atoms in total. The van der Waals surface area contributed by atoms with Gasteiger partial charge in [-0.15, -0.1) is 0 Å². The molecule has 0 bridgehead atoms. The van der Waals surface area contributed by atoms with Crippen molar-refractivity contribution in [2.75, 3.05) is 0 Å². The molecule has 1 fully saturated rings. The van der Waals surface area contributed by atoms with Crippen molar-refractivity contribution in [3.8, 4) is 0 Å². The Hall–Kier alpha value is -2.96. The van der Waals surface area contributed by atoms with Crippen molar-refractivity contribution in [1.29, 1.82) is 0 Å². The molecule has 1 unspecified atom stereocenters. The molecule has 2 N–H and O–H groups in total. The summed E-state index contributed by atoms with van der Waals surface area (Å²) in [7, 11) is 0.